The zero-order valence-corrected chi connectivity index (χ0v) is 14.6. The van der Waals surface area contributed by atoms with Crippen LogP contribution in [-0.2, 0) is 4.79 Å². The van der Waals surface area contributed by atoms with Crippen LogP contribution >= 0.6 is 34.4 Å². The number of amides is 1. The molecule has 0 unspecified atom stereocenters. The summed E-state index contributed by atoms with van der Waals surface area (Å²) < 4.78 is 11.7. The monoisotopic (exact) mass is 429 g/mol. The minimum absolute atomic E-state index is 0.0636. The molecule has 0 aromatic heterocycles. The number of hydrogen-bond acceptors (Lipinski definition) is 6. The van der Waals surface area contributed by atoms with Crippen LogP contribution in [0.3, 0.4) is 0 Å². The van der Waals surface area contributed by atoms with Crippen molar-refractivity contribution in [2.24, 2.45) is 0 Å². The predicted molar refractivity (Wildman–Crippen MR) is 92.9 cm³/mol. The summed E-state index contributed by atoms with van der Waals surface area (Å²) in [6.45, 7) is 2.25. The molecule has 2 rings (SSSR count). The molecule has 1 saturated heterocycles. The molecule has 0 radical (unpaired) electrons. The van der Waals surface area contributed by atoms with Gasteiger partial charge >= 0.3 is 0 Å². The van der Waals surface area contributed by atoms with Gasteiger partial charge in [0.2, 0.25) is 0 Å². The number of carbonyl (C=O) groups excluding carboxylic acids is 1. The topological polar surface area (TPSA) is 95.2 Å². The number of nitrogens with one attached hydrogen (secondary N) is 2. The average molecular weight is 429 g/mol. The van der Waals surface area contributed by atoms with Gasteiger partial charge in [-0.05, 0) is 65.0 Å². The van der Waals surface area contributed by atoms with Crippen molar-refractivity contribution >= 4 is 51.5 Å². The van der Waals surface area contributed by atoms with E-state index in [0.29, 0.717) is 23.0 Å². The summed E-state index contributed by atoms with van der Waals surface area (Å²) in [7, 11) is 0. The third-order valence-corrected chi connectivity index (χ3v) is 4.20. The van der Waals surface area contributed by atoms with E-state index in [1.54, 1.807) is 12.1 Å². The molecule has 1 heterocycles. The van der Waals surface area contributed by atoms with Gasteiger partial charge < -0.3 is 14.8 Å². The highest BCUT2D eigenvalue weighted by atomic mass is 127. The van der Waals surface area contributed by atoms with Gasteiger partial charge in [0.25, 0.3) is 5.91 Å². The molecule has 0 atom stereocenters. The van der Waals surface area contributed by atoms with Gasteiger partial charge in [0.1, 0.15) is 6.07 Å². The van der Waals surface area contributed by atoms with Gasteiger partial charge in [-0.2, -0.15) is 5.26 Å². The van der Waals surface area contributed by atoms with E-state index in [0.717, 1.165) is 20.9 Å². The van der Waals surface area contributed by atoms with Gasteiger partial charge in [0, 0.05) is 0 Å². The van der Waals surface area contributed by atoms with Crippen LogP contribution in [0.4, 0.5) is 0 Å². The van der Waals surface area contributed by atoms with Crippen LogP contribution in [0.2, 0.25) is 0 Å². The molecule has 1 aliphatic heterocycles. The molecule has 1 aromatic carbocycles. The first kappa shape index (κ1) is 16.6. The Morgan fingerprint density at radius 1 is 1.50 bits per heavy atom. The molecule has 8 heteroatoms. The summed E-state index contributed by atoms with van der Waals surface area (Å²) in [6, 6.07) is 5.51. The predicted octanol–water partition coefficient (Wildman–Crippen LogP) is 2.73. The first-order valence-electron chi connectivity index (χ1n) is 6.30. The summed E-state index contributed by atoms with van der Waals surface area (Å²) in [5, 5.41) is 18.6. The molecule has 0 aliphatic carbocycles. The number of hydrogen-bond donors (Lipinski definition) is 2. The SMILES string of the molecule is CCOc1cc(C=C2SC(=N)NC2=O)cc(I)c1OCC#N. The molecular formula is C14H12IN3O3S. The zero-order valence-electron chi connectivity index (χ0n) is 11.6. The second-order valence-electron chi connectivity index (χ2n) is 4.10. The van der Waals surface area contributed by atoms with Crippen LogP contribution in [0.1, 0.15) is 12.5 Å². The van der Waals surface area contributed by atoms with Gasteiger partial charge in [-0.3, -0.25) is 10.2 Å². The lowest BCUT2D eigenvalue weighted by atomic mass is 10.2. The van der Waals surface area contributed by atoms with E-state index in [1.165, 1.54) is 0 Å². The van der Waals surface area contributed by atoms with Crippen LogP contribution in [0, 0.1) is 20.3 Å². The van der Waals surface area contributed by atoms with E-state index in [1.807, 2.05) is 19.1 Å². The third-order valence-electron chi connectivity index (χ3n) is 2.57. The largest absolute Gasteiger partial charge is 0.490 e. The highest BCUT2D eigenvalue weighted by molar-refractivity contribution is 14.1. The quantitative estimate of drug-likeness (QED) is 0.555. The van der Waals surface area contributed by atoms with Gasteiger partial charge in [0.15, 0.2) is 23.3 Å². The fourth-order valence-electron chi connectivity index (χ4n) is 1.77. The molecule has 1 aliphatic rings. The lowest BCUT2D eigenvalue weighted by Gasteiger charge is -2.13. The van der Waals surface area contributed by atoms with Gasteiger partial charge in [0.05, 0.1) is 15.1 Å². The Morgan fingerprint density at radius 3 is 2.86 bits per heavy atom. The lowest BCUT2D eigenvalue weighted by Crippen LogP contribution is -2.18. The van der Waals surface area contributed by atoms with Crippen LogP contribution in [-0.4, -0.2) is 24.3 Å². The lowest BCUT2D eigenvalue weighted by molar-refractivity contribution is -0.115. The van der Waals surface area contributed by atoms with Crippen LogP contribution in [0.15, 0.2) is 17.0 Å². The smallest absolute Gasteiger partial charge is 0.264 e. The van der Waals surface area contributed by atoms with E-state index < -0.39 is 0 Å². The maximum atomic E-state index is 11.7. The van der Waals surface area contributed by atoms with E-state index in [9.17, 15) is 4.79 Å². The third kappa shape index (κ3) is 3.92. The molecule has 0 bridgehead atoms. The van der Waals surface area contributed by atoms with Crippen molar-refractivity contribution in [1.82, 2.24) is 5.32 Å². The summed E-state index contributed by atoms with van der Waals surface area (Å²) in [5.41, 5.74) is 0.768. The molecule has 114 valence electrons. The molecule has 0 saturated carbocycles. The molecule has 6 nitrogen and oxygen atoms in total. The van der Waals surface area contributed by atoms with Crippen molar-refractivity contribution in [1.29, 1.82) is 10.7 Å². The van der Waals surface area contributed by atoms with Crippen LogP contribution < -0.4 is 14.8 Å². The first-order chi connectivity index (χ1) is 10.5. The summed E-state index contributed by atoms with van der Waals surface area (Å²) in [6.07, 6.45) is 1.69. The van der Waals surface area contributed by atoms with Crippen molar-refractivity contribution in [3.05, 3.63) is 26.2 Å². The Morgan fingerprint density at radius 2 is 2.27 bits per heavy atom. The van der Waals surface area contributed by atoms with E-state index in [2.05, 4.69) is 27.9 Å². The Labute approximate surface area is 145 Å². The maximum Gasteiger partial charge on any atom is 0.264 e. The number of ether oxygens (including phenoxy) is 2. The number of rotatable bonds is 5. The van der Waals surface area contributed by atoms with Crippen molar-refractivity contribution in [2.75, 3.05) is 13.2 Å². The standard InChI is InChI=1S/C14H12IN3O3S/c1-2-20-10-6-8(5-9(15)12(10)21-4-3-16)7-11-13(19)18-14(17)22-11/h5-7H,2,4H2,1H3,(H2,17,18,19). The van der Waals surface area contributed by atoms with Crippen LogP contribution in [0.5, 0.6) is 11.5 Å². The zero-order chi connectivity index (χ0) is 16.1. The van der Waals surface area contributed by atoms with Gasteiger partial charge in [-0.25, -0.2) is 0 Å². The highest BCUT2D eigenvalue weighted by Gasteiger charge is 2.22. The normalized spacial score (nSPS) is 15.6. The van der Waals surface area contributed by atoms with Gasteiger partial charge in [-0.1, -0.05) is 0 Å². The number of thioether (sulfide) groups is 1. The minimum atomic E-state index is -0.284. The van der Waals surface area contributed by atoms with Crippen molar-refractivity contribution in [2.45, 2.75) is 6.92 Å². The molecule has 1 fully saturated rings. The first-order valence-corrected chi connectivity index (χ1v) is 8.20. The van der Waals surface area contributed by atoms with E-state index >= 15 is 0 Å². The molecule has 0 spiro atoms. The van der Waals surface area contributed by atoms with E-state index in [4.69, 9.17) is 20.1 Å². The number of carbonyl (C=O) groups is 1. The number of halogens is 1. The van der Waals surface area contributed by atoms with Gasteiger partial charge in [-0.15, -0.1) is 0 Å². The maximum absolute atomic E-state index is 11.7. The summed E-state index contributed by atoms with van der Waals surface area (Å²) in [5.74, 6) is 0.755. The van der Waals surface area contributed by atoms with Crippen molar-refractivity contribution in [3.8, 4) is 17.6 Å². The highest BCUT2D eigenvalue weighted by Crippen LogP contribution is 2.36. The Bertz CT molecular complexity index is 697. The summed E-state index contributed by atoms with van der Waals surface area (Å²) >= 11 is 3.17. The average Bonchev–Trinajstić information content (AvgIpc) is 2.76. The Balaban J connectivity index is 2.38. The summed E-state index contributed by atoms with van der Waals surface area (Å²) in [4.78, 5) is 12.1. The molecule has 1 aromatic rings. The number of nitriles is 1. The van der Waals surface area contributed by atoms with Crippen molar-refractivity contribution in [3.63, 3.8) is 0 Å². The fourth-order valence-corrected chi connectivity index (χ4v) is 3.26. The Hall–Kier alpha value is -1.73. The second-order valence-corrected chi connectivity index (χ2v) is 6.32. The van der Waals surface area contributed by atoms with Crippen LogP contribution in [0.25, 0.3) is 6.08 Å². The van der Waals surface area contributed by atoms with E-state index in [-0.39, 0.29) is 17.7 Å². The molecule has 2 N–H and O–H groups in total. The second kappa shape index (κ2) is 7.51. The number of amidine groups is 1. The molecular weight excluding hydrogens is 417 g/mol. The molecule has 1 amide bonds. The Kier molecular flexibility index (Phi) is 5.68. The number of benzene rings is 1. The van der Waals surface area contributed by atoms with Crippen molar-refractivity contribution < 1.29 is 14.3 Å². The molecule has 22 heavy (non-hydrogen) atoms. The number of nitrogens with zero attached hydrogens (tertiary/aromatic N) is 1. The minimum Gasteiger partial charge on any atom is -0.490 e. The fraction of sp³-hybridized carbons (Fsp3) is 0.214.